The number of carboxylic acid groups (broad SMARTS) is 1. The molecule has 152 valence electrons. The number of nitrogens with zero attached hydrogens (tertiary/aromatic N) is 2. The highest BCUT2D eigenvalue weighted by Gasteiger charge is 2.35. The molecule has 3 unspecified atom stereocenters. The molecule has 1 aliphatic heterocycles. The van der Waals surface area contributed by atoms with Gasteiger partial charge < -0.3 is 15.3 Å². The molecule has 2 N–H and O–H groups in total. The zero-order valence-electron chi connectivity index (χ0n) is 16.3. The number of aromatic nitrogens is 1. The van der Waals surface area contributed by atoms with Gasteiger partial charge in [-0.25, -0.2) is 0 Å². The third kappa shape index (κ3) is 5.40. The van der Waals surface area contributed by atoms with E-state index in [4.69, 9.17) is 0 Å². The lowest BCUT2D eigenvalue weighted by Crippen LogP contribution is -2.54. The molecule has 1 fully saturated rings. The van der Waals surface area contributed by atoms with Crippen molar-refractivity contribution in [2.45, 2.75) is 25.8 Å². The van der Waals surface area contributed by atoms with Crippen molar-refractivity contribution < 1.29 is 19.5 Å². The number of benzene rings is 1. The molecule has 29 heavy (non-hydrogen) atoms. The maximum absolute atomic E-state index is 13.3. The Morgan fingerprint density at radius 1 is 1.17 bits per heavy atom. The largest absolute Gasteiger partial charge is 0.481 e. The van der Waals surface area contributed by atoms with Crippen LogP contribution in [0.3, 0.4) is 0 Å². The second-order valence-corrected chi connectivity index (χ2v) is 7.58. The van der Waals surface area contributed by atoms with Crippen molar-refractivity contribution in [3.05, 3.63) is 66.0 Å². The highest BCUT2D eigenvalue weighted by Crippen LogP contribution is 2.23. The number of hydrogen-bond acceptors (Lipinski definition) is 4. The number of piperidine rings is 1. The summed E-state index contributed by atoms with van der Waals surface area (Å²) >= 11 is 0. The van der Waals surface area contributed by atoms with Crippen molar-refractivity contribution >= 4 is 17.8 Å². The lowest BCUT2D eigenvalue weighted by atomic mass is 9.89. The Balaban J connectivity index is 1.80. The summed E-state index contributed by atoms with van der Waals surface area (Å²) in [5.74, 6) is -2.04. The van der Waals surface area contributed by atoms with Crippen molar-refractivity contribution in [2.24, 2.45) is 11.8 Å². The first kappa shape index (κ1) is 20.5. The first-order valence-corrected chi connectivity index (χ1v) is 9.70. The van der Waals surface area contributed by atoms with Gasteiger partial charge in [0.15, 0.2) is 0 Å². The number of aliphatic carboxylic acids is 1. The van der Waals surface area contributed by atoms with Crippen molar-refractivity contribution in [2.75, 3.05) is 13.1 Å². The van der Waals surface area contributed by atoms with Gasteiger partial charge in [0.1, 0.15) is 6.04 Å². The van der Waals surface area contributed by atoms with E-state index in [2.05, 4.69) is 10.3 Å². The third-order valence-electron chi connectivity index (χ3n) is 5.13. The Kier molecular flexibility index (Phi) is 6.59. The van der Waals surface area contributed by atoms with Crippen LogP contribution >= 0.6 is 0 Å². The van der Waals surface area contributed by atoms with Crippen LogP contribution in [0.15, 0.2) is 54.9 Å². The van der Waals surface area contributed by atoms with Crippen LogP contribution in [-0.4, -0.2) is 51.9 Å². The van der Waals surface area contributed by atoms with Crippen LogP contribution < -0.4 is 5.32 Å². The lowest BCUT2D eigenvalue weighted by Gasteiger charge is -2.36. The predicted octanol–water partition coefficient (Wildman–Crippen LogP) is 1.99. The van der Waals surface area contributed by atoms with Gasteiger partial charge in [0.2, 0.25) is 5.91 Å². The number of hydrogen-bond donors (Lipinski definition) is 2. The molecule has 2 aromatic rings. The highest BCUT2D eigenvalue weighted by atomic mass is 16.4. The molecule has 0 aliphatic carbocycles. The van der Waals surface area contributed by atoms with Gasteiger partial charge in [-0.15, -0.1) is 0 Å². The number of nitrogens with one attached hydrogen (secondary N) is 1. The van der Waals surface area contributed by atoms with E-state index in [1.807, 2.05) is 37.3 Å². The predicted molar refractivity (Wildman–Crippen MR) is 107 cm³/mol. The Bertz CT molecular complexity index is 857. The molecule has 1 aromatic carbocycles. The summed E-state index contributed by atoms with van der Waals surface area (Å²) in [6.45, 7) is 2.58. The van der Waals surface area contributed by atoms with Crippen LogP contribution in [0.5, 0.6) is 0 Å². The van der Waals surface area contributed by atoms with E-state index < -0.39 is 17.9 Å². The molecule has 0 radical (unpaired) electrons. The number of rotatable bonds is 6. The normalized spacial score (nSPS) is 20.0. The Hall–Kier alpha value is -3.22. The van der Waals surface area contributed by atoms with Crippen LogP contribution in [0.1, 0.15) is 29.3 Å². The fourth-order valence-corrected chi connectivity index (χ4v) is 3.72. The van der Waals surface area contributed by atoms with Gasteiger partial charge in [-0.3, -0.25) is 19.4 Å². The molecular formula is C22H25N3O4. The summed E-state index contributed by atoms with van der Waals surface area (Å²) in [5, 5.41) is 12.2. The van der Waals surface area contributed by atoms with Crippen molar-refractivity contribution in [3.63, 3.8) is 0 Å². The van der Waals surface area contributed by atoms with Gasteiger partial charge >= 0.3 is 5.97 Å². The summed E-state index contributed by atoms with van der Waals surface area (Å²) in [7, 11) is 0. The van der Waals surface area contributed by atoms with Gasteiger partial charge in [0.05, 0.1) is 11.5 Å². The van der Waals surface area contributed by atoms with Crippen molar-refractivity contribution in [1.82, 2.24) is 15.2 Å². The second-order valence-electron chi connectivity index (χ2n) is 7.58. The Labute approximate surface area is 169 Å². The topological polar surface area (TPSA) is 99.6 Å². The van der Waals surface area contributed by atoms with Crippen LogP contribution in [0, 0.1) is 11.8 Å². The molecule has 0 bridgehead atoms. The monoisotopic (exact) mass is 395 g/mol. The number of carbonyl (C=O) groups excluding carboxylic acids is 2. The number of carboxylic acids is 1. The molecule has 7 nitrogen and oxygen atoms in total. The molecule has 3 atom stereocenters. The van der Waals surface area contributed by atoms with E-state index in [1.54, 1.807) is 23.2 Å². The van der Waals surface area contributed by atoms with Gasteiger partial charge in [0.25, 0.3) is 5.91 Å². The summed E-state index contributed by atoms with van der Waals surface area (Å²) in [6, 6.07) is 11.9. The molecule has 7 heteroatoms. The van der Waals surface area contributed by atoms with E-state index in [0.717, 1.165) is 5.56 Å². The zero-order valence-corrected chi connectivity index (χ0v) is 16.3. The van der Waals surface area contributed by atoms with E-state index in [-0.39, 0.29) is 24.3 Å². The van der Waals surface area contributed by atoms with Crippen LogP contribution in [0.2, 0.25) is 0 Å². The van der Waals surface area contributed by atoms with Gasteiger partial charge in [0, 0.05) is 31.9 Å². The van der Waals surface area contributed by atoms with E-state index in [1.165, 1.54) is 6.20 Å². The van der Waals surface area contributed by atoms with Crippen molar-refractivity contribution in [1.29, 1.82) is 0 Å². The molecule has 0 spiro atoms. The average molecular weight is 395 g/mol. The molecule has 0 saturated carbocycles. The van der Waals surface area contributed by atoms with E-state index in [9.17, 15) is 19.5 Å². The molecule has 1 saturated heterocycles. The average Bonchev–Trinajstić information content (AvgIpc) is 2.73. The smallest absolute Gasteiger partial charge is 0.308 e. The number of likely N-dealkylation sites (tertiary alicyclic amines) is 1. The maximum atomic E-state index is 13.3. The van der Waals surface area contributed by atoms with Crippen LogP contribution in [0.4, 0.5) is 0 Å². The number of amides is 2. The fourth-order valence-electron chi connectivity index (χ4n) is 3.72. The molecule has 2 heterocycles. The summed E-state index contributed by atoms with van der Waals surface area (Å²) in [5.41, 5.74) is 1.28. The van der Waals surface area contributed by atoms with Gasteiger partial charge in [-0.1, -0.05) is 37.3 Å². The van der Waals surface area contributed by atoms with Gasteiger partial charge in [-0.05, 0) is 30.0 Å². The van der Waals surface area contributed by atoms with Crippen molar-refractivity contribution in [3.8, 4) is 0 Å². The third-order valence-corrected chi connectivity index (χ3v) is 5.13. The lowest BCUT2D eigenvalue weighted by molar-refractivity contribution is -0.147. The van der Waals surface area contributed by atoms with Crippen LogP contribution in [-0.2, 0) is 16.0 Å². The zero-order chi connectivity index (χ0) is 20.8. The molecule has 1 aliphatic rings. The minimum atomic E-state index is -0.895. The molecule has 2 amide bonds. The first-order valence-electron chi connectivity index (χ1n) is 9.70. The quantitative estimate of drug-likeness (QED) is 0.779. The molecule has 3 rings (SSSR count). The van der Waals surface area contributed by atoms with E-state index >= 15 is 0 Å². The molecular weight excluding hydrogens is 370 g/mol. The minimum Gasteiger partial charge on any atom is -0.481 e. The number of carbonyl (C=O) groups is 3. The standard InChI is InChI=1S/C22H25N3O4/c1-15-10-18(22(28)29)14-25(13-15)21(27)19(11-16-6-3-2-4-7-16)24-20(26)17-8-5-9-23-12-17/h2-9,12,15,18-19H,10-11,13-14H2,1H3,(H,24,26)(H,28,29). The molecule has 1 aromatic heterocycles. The SMILES string of the molecule is CC1CC(C(=O)O)CN(C(=O)C(Cc2ccccc2)NC(=O)c2cccnc2)C1. The number of pyridine rings is 1. The van der Waals surface area contributed by atoms with Gasteiger partial charge in [-0.2, -0.15) is 0 Å². The fraction of sp³-hybridized carbons (Fsp3) is 0.364. The first-order chi connectivity index (χ1) is 13.9. The Morgan fingerprint density at radius 2 is 1.93 bits per heavy atom. The summed E-state index contributed by atoms with van der Waals surface area (Å²) in [6.07, 6.45) is 3.90. The second kappa shape index (κ2) is 9.32. The maximum Gasteiger partial charge on any atom is 0.308 e. The minimum absolute atomic E-state index is 0.0835. The highest BCUT2D eigenvalue weighted by molar-refractivity contribution is 5.97. The van der Waals surface area contributed by atoms with Crippen LogP contribution in [0.25, 0.3) is 0 Å². The summed E-state index contributed by atoms with van der Waals surface area (Å²) in [4.78, 5) is 42.9. The van der Waals surface area contributed by atoms with E-state index in [0.29, 0.717) is 24.9 Å². The summed E-state index contributed by atoms with van der Waals surface area (Å²) < 4.78 is 0. The Morgan fingerprint density at radius 3 is 2.59 bits per heavy atom.